The summed E-state index contributed by atoms with van der Waals surface area (Å²) in [6.45, 7) is -1.55. The van der Waals surface area contributed by atoms with E-state index in [1.165, 1.54) is 0 Å². The molecule has 0 N–H and O–H groups in total. The van der Waals surface area contributed by atoms with Gasteiger partial charge in [0.05, 0.1) is 7.11 Å². The summed E-state index contributed by atoms with van der Waals surface area (Å²) in [5, 5.41) is 0. The third kappa shape index (κ3) is 3.70. The fourth-order valence-electron chi connectivity index (χ4n) is 3.40. The smallest absolute Gasteiger partial charge is 0.261 e. The molecule has 0 saturated heterocycles. The van der Waals surface area contributed by atoms with Gasteiger partial charge in [0.2, 0.25) is 0 Å². The molecule has 0 atom stereocenters. The molecule has 0 unspecified atom stereocenters. The molecule has 0 heterocycles. The van der Waals surface area contributed by atoms with Crippen molar-refractivity contribution in [3.8, 4) is 5.75 Å². The number of hydrogen-bond acceptors (Lipinski definition) is 1. The Morgan fingerprint density at radius 3 is 1.24 bits per heavy atom. The molecule has 3 aromatic carbocycles. The van der Waals surface area contributed by atoms with Crippen LogP contribution in [0.4, 0.5) is 43.9 Å². The van der Waals surface area contributed by atoms with Crippen molar-refractivity contribution in [1.82, 2.24) is 0 Å². The monoisotopic (exact) mass is 480 g/mol. The van der Waals surface area contributed by atoms with Gasteiger partial charge in [-0.25, -0.2) is 43.9 Å². The minimum atomic E-state index is -2.84. The van der Waals surface area contributed by atoms with Gasteiger partial charge in [-0.3, -0.25) is 0 Å². The van der Waals surface area contributed by atoms with Crippen LogP contribution in [0.3, 0.4) is 0 Å². The minimum Gasteiger partial charge on any atom is -0.494 e. The molecule has 3 aromatic rings. The van der Waals surface area contributed by atoms with Crippen molar-refractivity contribution in [2.45, 2.75) is 13.8 Å². The molecule has 0 bridgehead atoms. The second-order valence-electron chi connectivity index (χ2n) is 7.03. The van der Waals surface area contributed by atoms with E-state index in [-0.39, 0.29) is 6.07 Å². The third-order valence-corrected chi connectivity index (χ3v) is 5.19. The van der Waals surface area contributed by atoms with Crippen molar-refractivity contribution in [3.05, 3.63) is 81.4 Å². The number of rotatable bonds is 4. The summed E-state index contributed by atoms with van der Waals surface area (Å²) in [6, 6.07) is 0.479. The topological polar surface area (TPSA) is 9.23 Å². The van der Waals surface area contributed by atoms with Crippen LogP contribution in [0, 0.1) is 72.0 Å². The highest BCUT2D eigenvalue weighted by molar-refractivity contribution is 6.95. The van der Waals surface area contributed by atoms with Gasteiger partial charge in [-0.1, -0.05) is 0 Å². The standard InChI is InChI=1S/C21H11BF10O/c1-6-14(25)18(29)12(19(30)15(6)26)22(8-4-11(33-3)10(24)5-9(8)23)13-20(31)16(27)7(2)17(28)21(13)32/h4-5H,1-3H3. The van der Waals surface area contributed by atoms with E-state index in [9.17, 15) is 43.9 Å². The second kappa shape index (κ2) is 8.64. The first-order valence-corrected chi connectivity index (χ1v) is 9.02. The molecule has 0 aliphatic heterocycles. The van der Waals surface area contributed by atoms with Crippen molar-refractivity contribution in [2.24, 2.45) is 0 Å². The maximum atomic E-state index is 14.8. The largest absolute Gasteiger partial charge is 0.494 e. The summed E-state index contributed by atoms with van der Waals surface area (Å²) in [4.78, 5) is 0. The zero-order valence-electron chi connectivity index (χ0n) is 16.9. The number of halogens is 10. The molecule has 3 rings (SSSR count). The van der Waals surface area contributed by atoms with Gasteiger partial charge in [0.25, 0.3) is 6.71 Å². The third-order valence-electron chi connectivity index (χ3n) is 5.19. The van der Waals surface area contributed by atoms with Crippen molar-refractivity contribution in [2.75, 3.05) is 7.11 Å². The molecular weight excluding hydrogens is 469 g/mol. The van der Waals surface area contributed by atoms with E-state index in [2.05, 4.69) is 4.74 Å². The molecule has 174 valence electrons. The van der Waals surface area contributed by atoms with Crippen LogP contribution < -0.4 is 21.1 Å². The van der Waals surface area contributed by atoms with Gasteiger partial charge in [0.15, 0.2) is 58.1 Å². The molecule has 0 radical (unpaired) electrons. The summed E-state index contributed by atoms with van der Waals surface area (Å²) >= 11 is 0. The molecule has 12 heteroatoms. The summed E-state index contributed by atoms with van der Waals surface area (Å²) < 4.78 is 150. The Kier molecular flexibility index (Phi) is 6.41. The normalized spacial score (nSPS) is 11.2. The average molecular weight is 480 g/mol. The van der Waals surface area contributed by atoms with Crippen molar-refractivity contribution < 1.29 is 48.6 Å². The molecule has 1 nitrogen and oxygen atoms in total. The lowest BCUT2D eigenvalue weighted by Gasteiger charge is -2.21. The van der Waals surface area contributed by atoms with Crippen LogP contribution in [0.2, 0.25) is 0 Å². The lowest BCUT2D eigenvalue weighted by molar-refractivity contribution is 0.385. The van der Waals surface area contributed by atoms with Crippen LogP contribution in [0.5, 0.6) is 5.75 Å². The average Bonchev–Trinajstić information content (AvgIpc) is 2.78. The van der Waals surface area contributed by atoms with Crippen LogP contribution in [-0.4, -0.2) is 13.8 Å². The van der Waals surface area contributed by atoms with E-state index in [0.29, 0.717) is 19.9 Å². The first-order valence-electron chi connectivity index (χ1n) is 9.02. The molecule has 33 heavy (non-hydrogen) atoms. The molecule has 0 aliphatic rings. The van der Waals surface area contributed by atoms with Gasteiger partial charge in [0, 0.05) is 28.1 Å². The summed E-state index contributed by atoms with van der Waals surface area (Å²) in [5.41, 5.74) is -7.11. The maximum absolute atomic E-state index is 14.8. The molecule has 0 aromatic heterocycles. The van der Waals surface area contributed by atoms with Crippen molar-refractivity contribution in [3.63, 3.8) is 0 Å². The Hall–Kier alpha value is -3.18. The summed E-state index contributed by atoms with van der Waals surface area (Å²) in [7, 11) is 0.883. The van der Waals surface area contributed by atoms with E-state index in [1.807, 2.05) is 0 Å². The number of benzene rings is 3. The van der Waals surface area contributed by atoms with Crippen molar-refractivity contribution >= 4 is 23.1 Å². The Morgan fingerprint density at radius 1 is 0.545 bits per heavy atom. The number of ether oxygens (including phenoxy) is 1. The van der Waals surface area contributed by atoms with E-state index >= 15 is 0 Å². The predicted octanol–water partition coefficient (Wildman–Crippen LogP) is 4.22. The molecular formula is C21H11BF10O. The Bertz CT molecular complexity index is 1160. The van der Waals surface area contributed by atoms with E-state index in [0.717, 1.165) is 7.11 Å². The van der Waals surface area contributed by atoms with Crippen LogP contribution >= 0.6 is 0 Å². The molecule has 0 fully saturated rings. The Labute approximate surface area is 180 Å². The Balaban J connectivity index is 2.59. The molecule has 0 aliphatic carbocycles. The lowest BCUT2D eigenvalue weighted by atomic mass is 9.36. The van der Waals surface area contributed by atoms with E-state index in [1.54, 1.807) is 0 Å². The van der Waals surface area contributed by atoms with Crippen LogP contribution in [0.15, 0.2) is 12.1 Å². The SMILES string of the molecule is COc1cc(B(c2c(F)c(F)c(C)c(F)c2F)c2c(F)c(F)c(C)c(F)c2F)c(F)cc1F. The van der Waals surface area contributed by atoms with Crippen LogP contribution in [-0.2, 0) is 0 Å². The Morgan fingerprint density at radius 2 is 0.909 bits per heavy atom. The minimum absolute atomic E-state index is 0.0919. The van der Waals surface area contributed by atoms with Crippen LogP contribution in [0.25, 0.3) is 0 Å². The number of methoxy groups -OCH3 is 1. The zero-order valence-corrected chi connectivity index (χ0v) is 16.9. The predicted molar refractivity (Wildman–Crippen MR) is 99.6 cm³/mol. The molecule has 0 amide bonds. The highest BCUT2D eigenvalue weighted by Crippen LogP contribution is 2.23. The highest BCUT2D eigenvalue weighted by Gasteiger charge is 2.41. The van der Waals surface area contributed by atoms with Gasteiger partial charge in [-0.05, 0) is 25.4 Å². The van der Waals surface area contributed by atoms with E-state index in [4.69, 9.17) is 0 Å². The summed E-state index contributed by atoms with van der Waals surface area (Å²) in [5.74, 6) is -20.7. The second-order valence-corrected chi connectivity index (χ2v) is 7.03. The lowest BCUT2D eigenvalue weighted by Crippen LogP contribution is -2.59. The van der Waals surface area contributed by atoms with Crippen LogP contribution in [0.1, 0.15) is 11.1 Å². The molecule has 0 spiro atoms. The van der Waals surface area contributed by atoms with Gasteiger partial charge < -0.3 is 4.74 Å². The summed E-state index contributed by atoms with van der Waals surface area (Å²) in [6.07, 6.45) is 0. The molecule has 0 saturated carbocycles. The van der Waals surface area contributed by atoms with Gasteiger partial charge in [-0.2, -0.15) is 0 Å². The fraction of sp³-hybridized carbons (Fsp3) is 0.143. The highest BCUT2D eigenvalue weighted by atomic mass is 19.2. The van der Waals surface area contributed by atoms with Crippen molar-refractivity contribution in [1.29, 1.82) is 0 Å². The van der Waals surface area contributed by atoms with Gasteiger partial charge in [-0.15, -0.1) is 0 Å². The maximum Gasteiger partial charge on any atom is 0.261 e. The zero-order chi connectivity index (χ0) is 24.9. The first-order chi connectivity index (χ1) is 15.3. The van der Waals surface area contributed by atoms with E-state index < -0.39 is 98.1 Å². The number of hydrogen-bond donors (Lipinski definition) is 0. The quantitative estimate of drug-likeness (QED) is 0.309. The fourth-order valence-corrected chi connectivity index (χ4v) is 3.40. The van der Waals surface area contributed by atoms with Gasteiger partial charge in [0.1, 0.15) is 5.82 Å². The van der Waals surface area contributed by atoms with Gasteiger partial charge >= 0.3 is 0 Å². The first kappa shape index (κ1) is 24.5.